The number of nitro benzene ring substituents is 1. The number of nitriles is 1. The molecule has 1 aromatic heterocycles. The van der Waals surface area contributed by atoms with Crippen molar-refractivity contribution < 1.29 is 4.92 Å². The molecular formula is C10H8N4O2. The van der Waals surface area contributed by atoms with Gasteiger partial charge in [-0.25, -0.2) is 0 Å². The van der Waals surface area contributed by atoms with Crippen LogP contribution >= 0.6 is 0 Å². The van der Waals surface area contributed by atoms with E-state index in [-0.39, 0.29) is 5.69 Å². The minimum absolute atomic E-state index is 0.0485. The van der Waals surface area contributed by atoms with E-state index in [1.165, 1.54) is 12.1 Å². The number of fused-ring (bicyclic) bond motifs is 1. The first kappa shape index (κ1) is 10.1. The van der Waals surface area contributed by atoms with Crippen LogP contribution in [-0.2, 0) is 6.54 Å². The summed E-state index contributed by atoms with van der Waals surface area (Å²) in [5.41, 5.74) is 0.855. The van der Waals surface area contributed by atoms with Crippen LogP contribution in [0.1, 0.15) is 6.42 Å². The van der Waals surface area contributed by atoms with Gasteiger partial charge in [0.25, 0.3) is 5.69 Å². The number of benzene rings is 1. The first-order valence-electron chi connectivity index (χ1n) is 4.69. The van der Waals surface area contributed by atoms with Crippen LogP contribution in [0.5, 0.6) is 0 Å². The number of rotatable bonds is 3. The highest BCUT2D eigenvalue weighted by Crippen LogP contribution is 2.20. The van der Waals surface area contributed by atoms with Gasteiger partial charge < -0.3 is 0 Å². The average Bonchev–Trinajstić information content (AvgIpc) is 2.68. The first-order valence-corrected chi connectivity index (χ1v) is 4.69. The van der Waals surface area contributed by atoms with Crippen LogP contribution in [0.2, 0.25) is 0 Å². The highest BCUT2D eigenvalue weighted by atomic mass is 16.6. The minimum atomic E-state index is -0.438. The molecule has 0 amide bonds. The van der Waals surface area contributed by atoms with Gasteiger partial charge in [-0.05, 0) is 6.07 Å². The summed E-state index contributed by atoms with van der Waals surface area (Å²) < 4.78 is 1.67. The van der Waals surface area contributed by atoms with Gasteiger partial charge in [0.15, 0.2) is 0 Å². The maximum atomic E-state index is 10.6. The maximum Gasteiger partial charge on any atom is 0.270 e. The molecule has 2 aromatic rings. The predicted molar refractivity (Wildman–Crippen MR) is 56.6 cm³/mol. The van der Waals surface area contributed by atoms with Gasteiger partial charge >= 0.3 is 0 Å². The van der Waals surface area contributed by atoms with Crippen molar-refractivity contribution >= 4 is 16.6 Å². The Labute approximate surface area is 90.9 Å². The van der Waals surface area contributed by atoms with Gasteiger partial charge in [0.2, 0.25) is 0 Å². The summed E-state index contributed by atoms with van der Waals surface area (Å²) in [6.07, 6.45) is 1.94. The van der Waals surface area contributed by atoms with Crippen LogP contribution in [0.3, 0.4) is 0 Å². The fourth-order valence-corrected chi connectivity index (χ4v) is 1.52. The molecule has 6 nitrogen and oxygen atoms in total. The smallest absolute Gasteiger partial charge is 0.264 e. The number of aryl methyl sites for hydroxylation is 1. The molecule has 2 rings (SSSR count). The molecule has 16 heavy (non-hydrogen) atoms. The molecule has 0 radical (unpaired) electrons. The lowest BCUT2D eigenvalue weighted by molar-refractivity contribution is -0.384. The molecule has 0 N–H and O–H groups in total. The van der Waals surface area contributed by atoms with Crippen molar-refractivity contribution in [3.63, 3.8) is 0 Å². The fraction of sp³-hybridized carbons (Fsp3) is 0.200. The predicted octanol–water partition coefficient (Wildman–Crippen LogP) is 1.86. The summed E-state index contributed by atoms with van der Waals surface area (Å²) in [6, 6.07) is 6.60. The molecule has 0 atom stereocenters. The SMILES string of the molecule is N#CCCn1ncc2cc([N+](=O)[O-])ccc21. The Morgan fingerprint density at radius 3 is 3.06 bits per heavy atom. The fourth-order valence-electron chi connectivity index (χ4n) is 1.52. The van der Waals surface area contributed by atoms with Gasteiger partial charge in [-0.3, -0.25) is 14.8 Å². The van der Waals surface area contributed by atoms with Crippen molar-refractivity contribution in [3.05, 3.63) is 34.5 Å². The third-order valence-corrected chi connectivity index (χ3v) is 2.27. The number of nitrogens with zero attached hydrogens (tertiary/aromatic N) is 4. The molecule has 0 saturated heterocycles. The lowest BCUT2D eigenvalue weighted by atomic mass is 10.2. The summed E-state index contributed by atoms with van der Waals surface area (Å²) in [5, 5.41) is 23.8. The highest BCUT2D eigenvalue weighted by Gasteiger charge is 2.09. The number of nitro groups is 1. The zero-order valence-corrected chi connectivity index (χ0v) is 8.33. The van der Waals surface area contributed by atoms with E-state index in [9.17, 15) is 10.1 Å². The molecule has 0 unspecified atom stereocenters. The molecule has 80 valence electrons. The lowest BCUT2D eigenvalue weighted by Gasteiger charge is -1.98. The van der Waals surface area contributed by atoms with Gasteiger partial charge in [-0.15, -0.1) is 0 Å². The van der Waals surface area contributed by atoms with Crippen LogP contribution in [-0.4, -0.2) is 14.7 Å². The molecule has 0 spiro atoms. The van der Waals surface area contributed by atoms with Crippen LogP contribution in [0.25, 0.3) is 10.9 Å². The van der Waals surface area contributed by atoms with Crippen molar-refractivity contribution in [3.8, 4) is 6.07 Å². The Morgan fingerprint density at radius 2 is 2.38 bits per heavy atom. The summed E-state index contributed by atoms with van der Waals surface area (Å²) in [5.74, 6) is 0. The van der Waals surface area contributed by atoms with E-state index in [0.717, 1.165) is 5.52 Å². The second-order valence-corrected chi connectivity index (χ2v) is 3.28. The molecule has 0 aliphatic carbocycles. The van der Waals surface area contributed by atoms with E-state index in [1.54, 1.807) is 16.9 Å². The quantitative estimate of drug-likeness (QED) is 0.578. The number of hydrogen-bond donors (Lipinski definition) is 0. The van der Waals surface area contributed by atoms with Crippen molar-refractivity contribution in [2.24, 2.45) is 0 Å². The van der Waals surface area contributed by atoms with E-state index in [2.05, 4.69) is 5.10 Å². The Balaban J connectivity index is 2.43. The van der Waals surface area contributed by atoms with E-state index >= 15 is 0 Å². The largest absolute Gasteiger partial charge is 0.270 e. The Morgan fingerprint density at radius 1 is 1.56 bits per heavy atom. The van der Waals surface area contributed by atoms with E-state index < -0.39 is 4.92 Å². The van der Waals surface area contributed by atoms with Gasteiger partial charge in [-0.2, -0.15) is 10.4 Å². The third kappa shape index (κ3) is 1.70. The standard InChI is InChI=1S/C10H8N4O2/c11-4-1-5-13-10-3-2-9(14(15)16)6-8(10)7-12-13/h2-3,6-7H,1,5H2. The molecule has 0 aliphatic heterocycles. The molecule has 1 aromatic carbocycles. The molecule has 1 heterocycles. The summed E-state index contributed by atoms with van der Waals surface area (Å²) in [6.45, 7) is 0.498. The van der Waals surface area contributed by atoms with Gasteiger partial charge in [-0.1, -0.05) is 0 Å². The van der Waals surface area contributed by atoms with Crippen molar-refractivity contribution in [2.45, 2.75) is 13.0 Å². The van der Waals surface area contributed by atoms with Crippen LogP contribution < -0.4 is 0 Å². The van der Waals surface area contributed by atoms with Crippen molar-refractivity contribution in [1.29, 1.82) is 5.26 Å². The van der Waals surface area contributed by atoms with Crippen molar-refractivity contribution in [1.82, 2.24) is 9.78 Å². The van der Waals surface area contributed by atoms with Gasteiger partial charge in [0.05, 0.1) is 35.7 Å². The van der Waals surface area contributed by atoms with Gasteiger partial charge in [0, 0.05) is 17.5 Å². The molecule has 0 bridgehead atoms. The second kappa shape index (κ2) is 3.98. The molecular weight excluding hydrogens is 208 g/mol. The Hall–Kier alpha value is -2.42. The third-order valence-electron chi connectivity index (χ3n) is 2.27. The van der Waals surface area contributed by atoms with Crippen molar-refractivity contribution in [2.75, 3.05) is 0 Å². The first-order chi connectivity index (χ1) is 7.72. The zero-order valence-electron chi connectivity index (χ0n) is 8.33. The number of aromatic nitrogens is 2. The topological polar surface area (TPSA) is 84.8 Å². The van der Waals surface area contributed by atoms with Crippen LogP contribution in [0, 0.1) is 21.4 Å². The van der Waals surface area contributed by atoms with Gasteiger partial charge in [0.1, 0.15) is 0 Å². The molecule has 0 fully saturated rings. The zero-order chi connectivity index (χ0) is 11.5. The molecule has 0 aliphatic rings. The molecule has 0 saturated carbocycles. The lowest BCUT2D eigenvalue weighted by Crippen LogP contribution is -1.98. The average molecular weight is 216 g/mol. The van der Waals surface area contributed by atoms with Crippen LogP contribution in [0.4, 0.5) is 5.69 Å². The maximum absolute atomic E-state index is 10.6. The van der Waals surface area contributed by atoms with E-state index in [4.69, 9.17) is 5.26 Å². The Bertz CT molecular complexity index is 582. The number of non-ortho nitro benzene ring substituents is 1. The normalized spacial score (nSPS) is 10.2. The summed E-state index contributed by atoms with van der Waals surface area (Å²) in [4.78, 5) is 10.1. The van der Waals surface area contributed by atoms with E-state index in [0.29, 0.717) is 18.4 Å². The Kier molecular flexibility index (Phi) is 2.52. The highest BCUT2D eigenvalue weighted by molar-refractivity contribution is 5.81. The second-order valence-electron chi connectivity index (χ2n) is 3.28. The summed E-state index contributed by atoms with van der Waals surface area (Å²) in [7, 11) is 0. The monoisotopic (exact) mass is 216 g/mol. The van der Waals surface area contributed by atoms with E-state index in [1.807, 2.05) is 6.07 Å². The number of hydrogen-bond acceptors (Lipinski definition) is 4. The minimum Gasteiger partial charge on any atom is -0.264 e. The van der Waals surface area contributed by atoms with Crippen LogP contribution in [0.15, 0.2) is 24.4 Å². The molecule has 6 heteroatoms. The summed E-state index contributed by atoms with van der Waals surface area (Å²) >= 11 is 0.